The summed E-state index contributed by atoms with van der Waals surface area (Å²) in [5, 5.41) is 0. The van der Waals surface area contributed by atoms with E-state index in [0.717, 1.165) is 11.3 Å². The van der Waals surface area contributed by atoms with E-state index in [1.807, 2.05) is 12.1 Å². The van der Waals surface area contributed by atoms with Crippen LogP contribution in [0.4, 0.5) is 13.2 Å². The number of ether oxygens (including phenoxy) is 1. The molecule has 26 heavy (non-hydrogen) atoms. The molecule has 4 atom stereocenters. The minimum Gasteiger partial charge on any atom is -0.434 e. The second-order valence-electron chi connectivity index (χ2n) is 6.92. The van der Waals surface area contributed by atoms with Crippen LogP contribution in [0.2, 0.25) is 0 Å². The van der Waals surface area contributed by atoms with Crippen LogP contribution in [0.1, 0.15) is 30.3 Å². The Morgan fingerprint density at radius 3 is 2.77 bits per heavy atom. The number of para-hydroxylation sites is 1. The van der Waals surface area contributed by atoms with Gasteiger partial charge in [-0.15, -0.1) is 0 Å². The molecule has 0 radical (unpaired) electrons. The standard InChI is InChI=1S/C19H14BrF3N2O/c1-8-15-16(8)18-24-12-7-11(21)10(20)6-13(12)25(18)17(15)9-4-2-3-5-14(9)26-19(22)23/h2-8,15-17,19H,1H3/t8-,15+,16-,17?/m0/s1. The van der Waals surface area contributed by atoms with E-state index in [9.17, 15) is 13.2 Å². The van der Waals surface area contributed by atoms with Crippen LogP contribution < -0.4 is 4.74 Å². The summed E-state index contributed by atoms with van der Waals surface area (Å²) in [5.41, 5.74) is 2.09. The molecule has 0 bridgehead atoms. The number of alkyl halides is 2. The minimum atomic E-state index is -2.88. The topological polar surface area (TPSA) is 27.1 Å². The lowest BCUT2D eigenvalue weighted by molar-refractivity contribution is -0.0507. The molecule has 1 aliphatic carbocycles. The van der Waals surface area contributed by atoms with Gasteiger partial charge < -0.3 is 9.30 Å². The Bertz CT molecular complexity index is 1040. The molecular formula is C19H14BrF3N2O. The van der Waals surface area contributed by atoms with Crippen molar-refractivity contribution in [2.24, 2.45) is 11.8 Å². The van der Waals surface area contributed by atoms with E-state index >= 15 is 0 Å². The molecule has 0 N–H and O–H groups in total. The molecule has 3 aromatic rings. The van der Waals surface area contributed by atoms with Gasteiger partial charge in [-0.2, -0.15) is 8.78 Å². The van der Waals surface area contributed by atoms with E-state index in [1.165, 1.54) is 6.07 Å². The zero-order valence-corrected chi connectivity index (χ0v) is 15.3. The smallest absolute Gasteiger partial charge is 0.387 e. The number of benzene rings is 2. The number of fused-ring (bicyclic) bond motifs is 5. The van der Waals surface area contributed by atoms with Gasteiger partial charge in [-0.25, -0.2) is 9.37 Å². The van der Waals surface area contributed by atoms with Crippen molar-refractivity contribution < 1.29 is 17.9 Å². The summed E-state index contributed by atoms with van der Waals surface area (Å²) in [6, 6.07) is 9.86. The van der Waals surface area contributed by atoms with Gasteiger partial charge in [0.15, 0.2) is 0 Å². The van der Waals surface area contributed by atoms with Crippen molar-refractivity contribution in [2.45, 2.75) is 25.5 Å². The molecule has 1 saturated carbocycles. The Morgan fingerprint density at radius 1 is 1.23 bits per heavy atom. The molecule has 0 saturated heterocycles. The Labute approximate surface area is 155 Å². The molecule has 1 unspecified atom stereocenters. The van der Waals surface area contributed by atoms with Gasteiger partial charge in [-0.3, -0.25) is 0 Å². The molecule has 134 valence electrons. The van der Waals surface area contributed by atoms with Crippen LogP contribution in [-0.2, 0) is 0 Å². The molecule has 2 aromatic carbocycles. The molecule has 0 spiro atoms. The summed E-state index contributed by atoms with van der Waals surface area (Å²) >= 11 is 3.23. The number of hydrogen-bond acceptors (Lipinski definition) is 2. The maximum Gasteiger partial charge on any atom is 0.387 e. The molecule has 5 rings (SSSR count). The van der Waals surface area contributed by atoms with Crippen molar-refractivity contribution in [1.29, 1.82) is 0 Å². The van der Waals surface area contributed by atoms with E-state index < -0.39 is 6.61 Å². The normalized spacial score (nSPS) is 26.2. The quantitative estimate of drug-likeness (QED) is 0.557. The number of rotatable bonds is 3. The van der Waals surface area contributed by atoms with Crippen molar-refractivity contribution in [3.05, 3.63) is 58.1 Å². The molecule has 3 nitrogen and oxygen atoms in total. The number of halogens is 4. The van der Waals surface area contributed by atoms with Gasteiger partial charge in [0.1, 0.15) is 17.4 Å². The molecule has 7 heteroatoms. The van der Waals surface area contributed by atoms with Crippen LogP contribution in [0.15, 0.2) is 40.9 Å². The molecule has 0 amide bonds. The van der Waals surface area contributed by atoms with Gasteiger partial charge in [0.2, 0.25) is 0 Å². The minimum absolute atomic E-state index is 0.151. The second-order valence-corrected chi connectivity index (χ2v) is 7.77. The fraction of sp³-hybridized carbons (Fsp3) is 0.316. The summed E-state index contributed by atoms with van der Waals surface area (Å²) < 4.78 is 46.8. The lowest BCUT2D eigenvalue weighted by atomic mass is 10.00. The Balaban J connectivity index is 1.72. The Kier molecular flexibility index (Phi) is 3.41. The van der Waals surface area contributed by atoms with Gasteiger partial charge >= 0.3 is 6.61 Å². The van der Waals surface area contributed by atoms with Gasteiger partial charge in [0.25, 0.3) is 0 Å². The average Bonchev–Trinajstić information content (AvgIpc) is 2.95. The second kappa shape index (κ2) is 5.49. The van der Waals surface area contributed by atoms with Crippen LogP contribution >= 0.6 is 15.9 Å². The summed E-state index contributed by atoms with van der Waals surface area (Å²) in [6.45, 7) is -0.745. The fourth-order valence-corrected chi connectivity index (χ4v) is 4.80. The fourth-order valence-electron chi connectivity index (χ4n) is 4.47. The van der Waals surface area contributed by atoms with Crippen molar-refractivity contribution in [1.82, 2.24) is 9.55 Å². The molecule has 2 heterocycles. The largest absolute Gasteiger partial charge is 0.434 e. The first kappa shape index (κ1) is 16.2. The SMILES string of the molecule is C[C@@H]1[C@@H]2c3nc4cc(F)c(Br)cc4n3C(c3ccccc3OC(F)F)[C@H]12. The van der Waals surface area contributed by atoms with E-state index in [0.29, 0.717) is 21.5 Å². The Morgan fingerprint density at radius 2 is 2.00 bits per heavy atom. The van der Waals surface area contributed by atoms with Crippen LogP contribution in [0.5, 0.6) is 5.75 Å². The number of nitrogens with zero attached hydrogens (tertiary/aromatic N) is 2. The highest BCUT2D eigenvalue weighted by Crippen LogP contribution is 2.66. The zero-order valence-electron chi connectivity index (χ0n) is 13.7. The third-order valence-corrected chi connectivity index (χ3v) is 6.21. The first-order valence-electron chi connectivity index (χ1n) is 8.38. The Hall–Kier alpha value is -2.02. The molecular weight excluding hydrogens is 409 g/mol. The predicted molar refractivity (Wildman–Crippen MR) is 94.0 cm³/mol. The lowest BCUT2D eigenvalue weighted by Crippen LogP contribution is -2.15. The number of imidazole rings is 1. The monoisotopic (exact) mass is 422 g/mol. The summed E-state index contributed by atoms with van der Waals surface area (Å²) in [4.78, 5) is 4.65. The number of aromatic nitrogens is 2. The molecule has 1 aromatic heterocycles. The average molecular weight is 423 g/mol. The molecule has 1 aliphatic heterocycles. The molecule has 1 fully saturated rings. The maximum absolute atomic E-state index is 13.9. The van der Waals surface area contributed by atoms with Crippen molar-refractivity contribution in [3.63, 3.8) is 0 Å². The van der Waals surface area contributed by atoms with Crippen LogP contribution in [-0.4, -0.2) is 16.2 Å². The van der Waals surface area contributed by atoms with Crippen LogP contribution in [0, 0.1) is 17.7 Å². The van der Waals surface area contributed by atoms with E-state index in [4.69, 9.17) is 4.74 Å². The van der Waals surface area contributed by atoms with Crippen molar-refractivity contribution in [2.75, 3.05) is 0 Å². The van der Waals surface area contributed by atoms with E-state index in [2.05, 4.69) is 32.4 Å². The number of hydrogen-bond donors (Lipinski definition) is 0. The summed E-state index contributed by atoms with van der Waals surface area (Å²) in [7, 11) is 0. The summed E-state index contributed by atoms with van der Waals surface area (Å²) in [5.74, 6) is 1.65. The van der Waals surface area contributed by atoms with Gasteiger partial charge in [-0.1, -0.05) is 25.1 Å². The predicted octanol–water partition coefficient (Wildman–Crippen LogP) is 5.49. The lowest BCUT2D eigenvalue weighted by Gasteiger charge is -2.22. The maximum atomic E-state index is 13.9. The van der Waals surface area contributed by atoms with E-state index in [1.54, 1.807) is 18.2 Å². The first-order chi connectivity index (χ1) is 12.5. The third kappa shape index (κ3) is 2.16. The van der Waals surface area contributed by atoms with Gasteiger partial charge in [0, 0.05) is 17.5 Å². The highest BCUT2D eigenvalue weighted by atomic mass is 79.9. The van der Waals surface area contributed by atoms with Gasteiger partial charge in [-0.05, 0) is 39.9 Å². The molecule has 2 aliphatic rings. The van der Waals surface area contributed by atoms with Gasteiger partial charge in [0.05, 0.1) is 21.5 Å². The third-order valence-electron chi connectivity index (χ3n) is 5.60. The van der Waals surface area contributed by atoms with Crippen LogP contribution in [0.25, 0.3) is 11.0 Å². The first-order valence-corrected chi connectivity index (χ1v) is 9.17. The van der Waals surface area contributed by atoms with Crippen LogP contribution in [0.3, 0.4) is 0 Å². The summed E-state index contributed by atoms with van der Waals surface area (Å²) in [6.07, 6.45) is 0. The highest BCUT2D eigenvalue weighted by molar-refractivity contribution is 9.10. The van der Waals surface area contributed by atoms with Crippen molar-refractivity contribution >= 4 is 27.0 Å². The zero-order chi connectivity index (χ0) is 18.2. The van der Waals surface area contributed by atoms with Crippen molar-refractivity contribution in [3.8, 4) is 5.75 Å². The van der Waals surface area contributed by atoms with E-state index in [-0.39, 0.29) is 29.4 Å². The highest BCUT2D eigenvalue weighted by Gasteiger charge is 2.61.